The van der Waals surface area contributed by atoms with Gasteiger partial charge in [0.2, 0.25) is 6.79 Å². The number of thiophene rings is 1. The van der Waals surface area contributed by atoms with Gasteiger partial charge < -0.3 is 14.8 Å². The van der Waals surface area contributed by atoms with Gasteiger partial charge in [-0.15, -0.1) is 11.3 Å². The fourth-order valence-electron chi connectivity index (χ4n) is 2.11. The van der Waals surface area contributed by atoms with E-state index in [2.05, 4.69) is 5.32 Å². The van der Waals surface area contributed by atoms with Gasteiger partial charge in [0.25, 0.3) is 11.6 Å². The number of rotatable bonds is 5. The normalized spacial score (nSPS) is 12.2. The van der Waals surface area contributed by atoms with Crippen LogP contribution in [-0.2, 0) is 6.42 Å². The fourth-order valence-corrected chi connectivity index (χ4v) is 2.82. The highest BCUT2D eigenvalue weighted by Gasteiger charge is 2.26. The molecule has 22 heavy (non-hydrogen) atoms. The third-order valence-corrected chi connectivity index (χ3v) is 4.11. The molecule has 2 aromatic rings. The summed E-state index contributed by atoms with van der Waals surface area (Å²) in [6, 6.07) is 6.47. The number of ether oxygens (including phenoxy) is 2. The first-order valence-corrected chi connectivity index (χ1v) is 7.42. The van der Waals surface area contributed by atoms with E-state index >= 15 is 0 Å². The summed E-state index contributed by atoms with van der Waals surface area (Å²) in [6.07, 6.45) is 0.682. The molecule has 0 radical (unpaired) electrons. The second-order valence-corrected chi connectivity index (χ2v) is 5.60. The zero-order chi connectivity index (χ0) is 15.5. The number of nitro groups is 1. The van der Waals surface area contributed by atoms with Crippen LogP contribution in [0.2, 0.25) is 0 Å². The number of hydrogen-bond acceptors (Lipinski definition) is 6. The number of benzene rings is 1. The summed E-state index contributed by atoms with van der Waals surface area (Å²) in [7, 11) is 0. The molecule has 0 unspecified atom stereocenters. The Morgan fingerprint density at radius 1 is 1.36 bits per heavy atom. The standard InChI is InChI=1S/C14H12N2O5S/c17-14(15-4-3-9-2-1-5-22-9)10-6-12-13(21-8-20-12)7-11(10)16(18)19/h1-2,5-7H,3-4,8H2,(H,15,17). The van der Waals surface area contributed by atoms with Crippen LogP contribution < -0.4 is 14.8 Å². The number of fused-ring (bicyclic) bond motifs is 1. The third kappa shape index (κ3) is 2.86. The van der Waals surface area contributed by atoms with Crippen LogP contribution in [0.4, 0.5) is 5.69 Å². The minimum atomic E-state index is -0.601. The van der Waals surface area contributed by atoms with E-state index in [1.54, 1.807) is 11.3 Å². The van der Waals surface area contributed by atoms with Crippen molar-refractivity contribution in [1.82, 2.24) is 5.32 Å². The van der Waals surface area contributed by atoms with Crippen LogP contribution in [0.3, 0.4) is 0 Å². The molecular weight excluding hydrogens is 308 g/mol. The lowest BCUT2D eigenvalue weighted by molar-refractivity contribution is -0.385. The second-order valence-electron chi connectivity index (χ2n) is 4.56. The molecule has 1 aliphatic rings. The van der Waals surface area contributed by atoms with Crippen molar-refractivity contribution in [2.24, 2.45) is 0 Å². The third-order valence-electron chi connectivity index (χ3n) is 3.17. The SMILES string of the molecule is O=C(NCCc1cccs1)c1cc2c(cc1[N+](=O)[O-])OCO2. The Bertz CT molecular complexity index is 714. The monoisotopic (exact) mass is 320 g/mol. The summed E-state index contributed by atoms with van der Waals surface area (Å²) in [6.45, 7) is 0.404. The van der Waals surface area contributed by atoms with E-state index < -0.39 is 10.8 Å². The van der Waals surface area contributed by atoms with Gasteiger partial charge >= 0.3 is 0 Å². The maximum absolute atomic E-state index is 12.2. The van der Waals surface area contributed by atoms with E-state index in [0.29, 0.717) is 18.7 Å². The van der Waals surface area contributed by atoms with Crippen molar-refractivity contribution < 1.29 is 19.2 Å². The average Bonchev–Trinajstić information content (AvgIpc) is 3.16. The molecule has 0 spiro atoms. The van der Waals surface area contributed by atoms with E-state index in [9.17, 15) is 14.9 Å². The van der Waals surface area contributed by atoms with Gasteiger partial charge in [-0.25, -0.2) is 0 Å². The minimum absolute atomic E-state index is 0.00403. The highest BCUT2D eigenvalue weighted by molar-refractivity contribution is 7.09. The molecule has 0 fully saturated rings. The molecule has 0 saturated heterocycles. The Kier molecular flexibility index (Phi) is 3.92. The van der Waals surface area contributed by atoms with Crippen LogP contribution in [0.1, 0.15) is 15.2 Å². The molecule has 0 bridgehead atoms. The van der Waals surface area contributed by atoms with Crippen LogP contribution in [0, 0.1) is 10.1 Å². The molecule has 0 aliphatic carbocycles. The Balaban J connectivity index is 1.75. The molecule has 3 rings (SSSR count). The maximum Gasteiger partial charge on any atom is 0.286 e. The summed E-state index contributed by atoms with van der Waals surface area (Å²) in [5.41, 5.74) is -0.321. The maximum atomic E-state index is 12.2. The van der Waals surface area contributed by atoms with Gasteiger partial charge in [-0.3, -0.25) is 14.9 Å². The van der Waals surface area contributed by atoms with Crippen molar-refractivity contribution in [3.05, 3.63) is 50.2 Å². The Morgan fingerprint density at radius 2 is 2.14 bits per heavy atom. The molecule has 7 nitrogen and oxygen atoms in total. The zero-order valence-corrected chi connectivity index (χ0v) is 12.2. The van der Waals surface area contributed by atoms with Crippen molar-refractivity contribution in [2.75, 3.05) is 13.3 Å². The highest BCUT2D eigenvalue weighted by atomic mass is 32.1. The Hall–Kier alpha value is -2.61. The quantitative estimate of drug-likeness (QED) is 0.674. The van der Waals surface area contributed by atoms with Crippen LogP contribution >= 0.6 is 11.3 Å². The van der Waals surface area contributed by atoms with Gasteiger partial charge in [0.05, 0.1) is 11.0 Å². The van der Waals surface area contributed by atoms with Gasteiger partial charge in [0.15, 0.2) is 11.5 Å². The van der Waals surface area contributed by atoms with E-state index in [-0.39, 0.29) is 23.8 Å². The second kappa shape index (κ2) is 6.02. The molecule has 2 heterocycles. The van der Waals surface area contributed by atoms with Crippen LogP contribution in [0.15, 0.2) is 29.6 Å². The van der Waals surface area contributed by atoms with Crippen LogP contribution in [0.5, 0.6) is 11.5 Å². The summed E-state index contributed by atoms with van der Waals surface area (Å²) in [4.78, 5) is 23.8. The predicted molar refractivity (Wildman–Crippen MR) is 79.6 cm³/mol. The largest absolute Gasteiger partial charge is 0.454 e. The van der Waals surface area contributed by atoms with Gasteiger partial charge in [-0.1, -0.05) is 6.07 Å². The number of carbonyl (C=O) groups excluding carboxylic acids is 1. The molecule has 1 amide bonds. The zero-order valence-electron chi connectivity index (χ0n) is 11.4. The fraction of sp³-hybridized carbons (Fsp3) is 0.214. The lowest BCUT2D eigenvalue weighted by atomic mass is 10.1. The molecule has 1 aromatic carbocycles. The predicted octanol–water partition coefficient (Wildman–Crippen LogP) is 2.36. The van der Waals surface area contributed by atoms with Gasteiger partial charge in [-0.2, -0.15) is 0 Å². The van der Waals surface area contributed by atoms with Gasteiger partial charge in [0, 0.05) is 17.5 Å². The van der Waals surface area contributed by atoms with Crippen molar-refractivity contribution in [3.8, 4) is 11.5 Å². The molecule has 8 heteroatoms. The first-order chi connectivity index (χ1) is 10.6. The number of hydrogen-bond donors (Lipinski definition) is 1. The Labute approximate surface area is 129 Å². The van der Waals surface area contributed by atoms with Crippen LogP contribution in [0.25, 0.3) is 0 Å². The van der Waals surface area contributed by atoms with Gasteiger partial charge in [0.1, 0.15) is 5.56 Å². The molecule has 1 aliphatic heterocycles. The van der Waals surface area contributed by atoms with Crippen molar-refractivity contribution in [3.63, 3.8) is 0 Å². The van der Waals surface area contributed by atoms with Gasteiger partial charge in [-0.05, 0) is 17.9 Å². The van der Waals surface area contributed by atoms with E-state index in [1.165, 1.54) is 12.1 Å². The summed E-state index contributed by atoms with van der Waals surface area (Å²) >= 11 is 1.60. The number of nitrogens with zero attached hydrogens (tertiary/aromatic N) is 1. The topological polar surface area (TPSA) is 90.7 Å². The van der Waals surface area contributed by atoms with Crippen molar-refractivity contribution in [2.45, 2.75) is 6.42 Å². The Morgan fingerprint density at radius 3 is 2.82 bits per heavy atom. The molecule has 114 valence electrons. The van der Waals surface area contributed by atoms with Crippen molar-refractivity contribution in [1.29, 1.82) is 0 Å². The summed E-state index contributed by atoms with van der Waals surface area (Å²) in [5, 5.41) is 15.8. The minimum Gasteiger partial charge on any atom is -0.454 e. The number of carbonyl (C=O) groups is 1. The average molecular weight is 320 g/mol. The highest BCUT2D eigenvalue weighted by Crippen LogP contribution is 2.37. The summed E-state index contributed by atoms with van der Waals surface area (Å²) < 4.78 is 10.3. The lowest BCUT2D eigenvalue weighted by Crippen LogP contribution is -2.26. The van der Waals surface area contributed by atoms with Crippen molar-refractivity contribution >= 4 is 22.9 Å². The summed E-state index contributed by atoms with van der Waals surface area (Å²) in [5.74, 6) is 0.123. The van der Waals surface area contributed by atoms with E-state index in [4.69, 9.17) is 9.47 Å². The molecular formula is C14H12N2O5S. The number of nitro benzene ring substituents is 1. The van der Waals surface area contributed by atoms with E-state index in [0.717, 1.165) is 4.88 Å². The molecule has 0 atom stereocenters. The molecule has 0 saturated carbocycles. The molecule has 1 N–H and O–H groups in total. The lowest BCUT2D eigenvalue weighted by Gasteiger charge is -2.06. The number of amides is 1. The van der Waals surface area contributed by atoms with Crippen LogP contribution in [-0.4, -0.2) is 24.2 Å². The first kappa shape index (κ1) is 14.3. The molecule has 1 aromatic heterocycles. The van der Waals surface area contributed by atoms with E-state index in [1.807, 2.05) is 17.5 Å². The number of nitrogens with one attached hydrogen (secondary N) is 1. The smallest absolute Gasteiger partial charge is 0.286 e. The first-order valence-electron chi connectivity index (χ1n) is 6.54.